The zero-order valence-electron chi connectivity index (χ0n) is 16.9. The van der Waals surface area contributed by atoms with Crippen molar-refractivity contribution < 1.29 is 14.3 Å². The number of para-hydroxylation sites is 1. The van der Waals surface area contributed by atoms with Gasteiger partial charge in [-0.15, -0.1) is 0 Å². The van der Waals surface area contributed by atoms with Gasteiger partial charge in [-0.1, -0.05) is 53.0 Å². The molecule has 6 nitrogen and oxygen atoms in total. The van der Waals surface area contributed by atoms with E-state index < -0.39 is 11.8 Å². The van der Waals surface area contributed by atoms with Crippen LogP contribution in [-0.4, -0.2) is 18.4 Å². The van der Waals surface area contributed by atoms with Crippen LogP contribution >= 0.6 is 34.8 Å². The summed E-state index contributed by atoms with van der Waals surface area (Å²) in [4.78, 5) is 24.5. The second-order valence-corrected chi connectivity index (χ2v) is 7.89. The van der Waals surface area contributed by atoms with Gasteiger partial charge in [0.05, 0.1) is 15.7 Å². The Bertz CT molecular complexity index is 1250. The van der Waals surface area contributed by atoms with Crippen molar-refractivity contribution in [2.24, 2.45) is 0 Å². The van der Waals surface area contributed by atoms with E-state index in [-0.39, 0.29) is 23.0 Å². The van der Waals surface area contributed by atoms with Gasteiger partial charge < -0.3 is 15.4 Å². The predicted molar refractivity (Wildman–Crippen MR) is 131 cm³/mol. The molecule has 0 fully saturated rings. The minimum Gasteiger partial charge on any atom is -0.482 e. The van der Waals surface area contributed by atoms with E-state index in [1.165, 1.54) is 12.1 Å². The number of rotatable bonds is 7. The molecule has 33 heavy (non-hydrogen) atoms. The number of hydrogen-bond acceptors (Lipinski definition) is 4. The third kappa shape index (κ3) is 6.99. The second-order valence-electron chi connectivity index (χ2n) is 6.64. The molecular weight excluding hydrogens is 485 g/mol. The molecule has 0 unspecified atom stereocenters. The van der Waals surface area contributed by atoms with Gasteiger partial charge in [0.15, 0.2) is 6.61 Å². The molecule has 0 saturated carbocycles. The van der Waals surface area contributed by atoms with Crippen molar-refractivity contribution in [3.8, 4) is 11.8 Å². The molecular formula is C24H16Cl3N3O3. The van der Waals surface area contributed by atoms with Gasteiger partial charge in [-0.3, -0.25) is 9.59 Å². The summed E-state index contributed by atoms with van der Waals surface area (Å²) in [7, 11) is 0. The topological polar surface area (TPSA) is 91.2 Å². The largest absolute Gasteiger partial charge is 0.482 e. The number of benzene rings is 3. The normalized spacial score (nSPS) is 10.8. The van der Waals surface area contributed by atoms with Gasteiger partial charge in [0.1, 0.15) is 17.4 Å². The van der Waals surface area contributed by atoms with Gasteiger partial charge in [0.25, 0.3) is 11.8 Å². The smallest absolute Gasteiger partial charge is 0.266 e. The molecule has 0 heterocycles. The van der Waals surface area contributed by atoms with Gasteiger partial charge in [0.2, 0.25) is 0 Å². The molecule has 3 aromatic carbocycles. The number of carbonyl (C=O) groups excluding carboxylic acids is 2. The maximum Gasteiger partial charge on any atom is 0.266 e. The van der Waals surface area contributed by atoms with E-state index in [0.29, 0.717) is 27.0 Å². The summed E-state index contributed by atoms with van der Waals surface area (Å²) in [6, 6.07) is 19.9. The van der Waals surface area contributed by atoms with Gasteiger partial charge in [-0.25, -0.2) is 0 Å². The molecule has 0 aliphatic carbocycles. The van der Waals surface area contributed by atoms with Crippen molar-refractivity contribution >= 4 is 64.1 Å². The third-order valence-electron chi connectivity index (χ3n) is 4.24. The first kappa shape index (κ1) is 24.1. The van der Waals surface area contributed by atoms with Crippen LogP contribution in [0.25, 0.3) is 6.08 Å². The molecule has 0 saturated heterocycles. The lowest BCUT2D eigenvalue weighted by Gasteiger charge is -2.10. The molecule has 2 amide bonds. The minimum absolute atomic E-state index is 0.117. The second kappa shape index (κ2) is 11.4. The van der Waals surface area contributed by atoms with Crippen LogP contribution in [0.15, 0.2) is 72.3 Å². The highest BCUT2D eigenvalue weighted by atomic mass is 35.5. The Morgan fingerprint density at radius 2 is 1.67 bits per heavy atom. The lowest BCUT2D eigenvalue weighted by Crippen LogP contribution is -2.20. The summed E-state index contributed by atoms with van der Waals surface area (Å²) in [5.41, 5.74) is 1.37. The first-order valence-electron chi connectivity index (χ1n) is 9.51. The zero-order chi connectivity index (χ0) is 23.8. The number of anilines is 2. The molecule has 3 aromatic rings. The van der Waals surface area contributed by atoms with Crippen molar-refractivity contribution in [1.29, 1.82) is 5.26 Å². The van der Waals surface area contributed by atoms with Crippen molar-refractivity contribution in [3.63, 3.8) is 0 Å². The lowest BCUT2D eigenvalue weighted by molar-refractivity contribution is -0.118. The maximum atomic E-state index is 12.4. The quantitative estimate of drug-likeness (QED) is 0.298. The number of nitrogens with one attached hydrogen (secondary N) is 2. The zero-order valence-corrected chi connectivity index (χ0v) is 19.2. The minimum atomic E-state index is -0.576. The van der Waals surface area contributed by atoms with Gasteiger partial charge in [0, 0.05) is 10.7 Å². The first-order chi connectivity index (χ1) is 15.9. The highest BCUT2D eigenvalue weighted by Gasteiger charge is 2.12. The third-order valence-corrected chi connectivity index (χ3v) is 5.12. The standard InChI is InChI=1S/C24H16Cl3N3O3/c25-17-6-8-18(9-7-17)29-24(32)16(13-28)11-15-5-10-22(20(27)12-15)33-14-23(31)30-21-4-2-1-3-19(21)26/h1-12H,14H2,(H,29,32)(H,30,31)/b16-11-. The van der Waals surface area contributed by atoms with E-state index in [2.05, 4.69) is 10.6 Å². The molecule has 0 spiro atoms. The fourth-order valence-electron chi connectivity index (χ4n) is 2.66. The summed E-state index contributed by atoms with van der Waals surface area (Å²) in [5, 5.41) is 15.8. The van der Waals surface area contributed by atoms with Crippen LogP contribution in [0.1, 0.15) is 5.56 Å². The molecule has 0 aliphatic rings. The Morgan fingerprint density at radius 3 is 2.33 bits per heavy atom. The molecule has 0 radical (unpaired) electrons. The summed E-state index contributed by atoms with van der Waals surface area (Å²) >= 11 is 18.1. The number of hydrogen-bond donors (Lipinski definition) is 2. The lowest BCUT2D eigenvalue weighted by atomic mass is 10.1. The number of nitrogens with zero attached hydrogens (tertiary/aromatic N) is 1. The average molecular weight is 501 g/mol. The van der Waals surface area contributed by atoms with Crippen LogP contribution in [0, 0.1) is 11.3 Å². The van der Waals surface area contributed by atoms with Gasteiger partial charge >= 0.3 is 0 Å². The maximum absolute atomic E-state index is 12.4. The van der Waals surface area contributed by atoms with E-state index in [0.717, 1.165) is 0 Å². The summed E-state index contributed by atoms with van der Waals surface area (Å²) in [6.07, 6.45) is 1.39. The van der Waals surface area contributed by atoms with Gasteiger partial charge in [-0.2, -0.15) is 5.26 Å². The Labute approximate surface area is 205 Å². The Hall–Kier alpha value is -3.50. The average Bonchev–Trinajstić information content (AvgIpc) is 2.80. The van der Waals surface area contributed by atoms with Crippen molar-refractivity contribution in [3.05, 3.63) is 92.9 Å². The highest BCUT2D eigenvalue weighted by Crippen LogP contribution is 2.27. The van der Waals surface area contributed by atoms with E-state index in [4.69, 9.17) is 39.5 Å². The highest BCUT2D eigenvalue weighted by molar-refractivity contribution is 6.33. The number of halogens is 3. The molecule has 166 valence electrons. The van der Waals surface area contributed by atoms with Crippen LogP contribution in [-0.2, 0) is 9.59 Å². The number of amides is 2. The molecule has 0 aliphatic heterocycles. The van der Waals surface area contributed by atoms with E-state index in [9.17, 15) is 14.9 Å². The molecule has 2 N–H and O–H groups in total. The van der Waals surface area contributed by atoms with Gasteiger partial charge in [-0.05, 0) is 60.2 Å². The van der Waals surface area contributed by atoms with E-state index in [1.807, 2.05) is 6.07 Å². The number of nitriles is 1. The Kier molecular flexibility index (Phi) is 8.34. The van der Waals surface area contributed by atoms with E-state index in [1.54, 1.807) is 60.7 Å². The first-order valence-corrected chi connectivity index (χ1v) is 10.6. The fourth-order valence-corrected chi connectivity index (χ4v) is 3.22. The van der Waals surface area contributed by atoms with Crippen LogP contribution in [0.5, 0.6) is 5.75 Å². The Morgan fingerprint density at radius 1 is 0.939 bits per heavy atom. The van der Waals surface area contributed by atoms with Crippen LogP contribution in [0.4, 0.5) is 11.4 Å². The van der Waals surface area contributed by atoms with Crippen molar-refractivity contribution in [2.75, 3.05) is 17.2 Å². The molecule has 0 aromatic heterocycles. The fraction of sp³-hybridized carbons (Fsp3) is 0.0417. The Balaban J connectivity index is 1.63. The summed E-state index contributed by atoms with van der Waals surface area (Å²) < 4.78 is 5.47. The van der Waals surface area contributed by atoms with Crippen molar-refractivity contribution in [1.82, 2.24) is 0 Å². The van der Waals surface area contributed by atoms with Crippen LogP contribution in [0.2, 0.25) is 15.1 Å². The predicted octanol–water partition coefficient (Wildman–Crippen LogP) is 6.21. The van der Waals surface area contributed by atoms with E-state index >= 15 is 0 Å². The SMILES string of the molecule is N#C/C(=C/c1ccc(OCC(=O)Nc2ccccc2Cl)c(Cl)c1)C(=O)Nc1ccc(Cl)cc1. The van der Waals surface area contributed by atoms with Crippen LogP contribution in [0.3, 0.4) is 0 Å². The summed E-state index contributed by atoms with van der Waals surface area (Å²) in [5.74, 6) is -0.714. The molecule has 3 rings (SSSR count). The molecule has 0 bridgehead atoms. The van der Waals surface area contributed by atoms with Crippen LogP contribution < -0.4 is 15.4 Å². The number of carbonyl (C=O) groups is 2. The molecule has 0 atom stereocenters. The number of ether oxygens (including phenoxy) is 1. The monoisotopic (exact) mass is 499 g/mol. The summed E-state index contributed by atoms with van der Waals surface area (Å²) in [6.45, 7) is -0.285. The van der Waals surface area contributed by atoms with Crippen molar-refractivity contribution in [2.45, 2.75) is 0 Å². The molecule has 9 heteroatoms.